The third-order valence-corrected chi connectivity index (χ3v) is 3.72. The van der Waals surface area contributed by atoms with Crippen molar-refractivity contribution in [3.63, 3.8) is 0 Å². The molecule has 0 bridgehead atoms. The highest BCUT2D eigenvalue weighted by atomic mass is 32.1. The molecule has 2 aromatic heterocycles. The predicted octanol–water partition coefficient (Wildman–Crippen LogP) is 1.91. The van der Waals surface area contributed by atoms with Crippen molar-refractivity contribution in [1.82, 2.24) is 9.97 Å². The first-order chi connectivity index (χ1) is 9.63. The van der Waals surface area contributed by atoms with Crippen molar-refractivity contribution in [2.24, 2.45) is 5.84 Å². The number of aromatic nitrogens is 2. The van der Waals surface area contributed by atoms with Gasteiger partial charge in [-0.2, -0.15) is 0 Å². The largest absolute Gasteiger partial charge is 0.358 e. The van der Waals surface area contributed by atoms with Gasteiger partial charge < -0.3 is 10.7 Å². The molecule has 0 radical (unpaired) electrons. The Labute approximate surface area is 119 Å². The van der Waals surface area contributed by atoms with Crippen LogP contribution in [-0.2, 0) is 13.0 Å². The quantitative estimate of drug-likeness (QED) is 0.423. The molecule has 0 aliphatic rings. The van der Waals surface area contributed by atoms with Crippen LogP contribution in [0.25, 0.3) is 0 Å². The Morgan fingerprint density at radius 2 is 2.30 bits per heavy atom. The fraction of sp³-hybridized carbons (Fsp3) is 0.273. The van der Waals surface area contributed by atoms with Crippen molar-refractivity contribution in [2.45, 2.75) is 19.9 Å². The van der Waals surface area contributed by atoms with Gasteiger partial charge in [-0.3, -0.25) is 10.1 Å². The lowest BCUT2D eigenvalue weighted by molar-refractivity contribution is -0.384. The molecule has 0 amide bonds. The maximum absolute atomic E-state index is 10.9. The summed E-state index contributed by atoms with van der Waals surface area (Å²) in [6.45, 7) is 2.43. The van der Waals surface area contributed by atoms with Crippen molar-refractivity contribution >= 4 is 28.7 Å². The number of hydrogen-bond donors (Lipinski definition) is 3. The second-order valence-corrected chi connectivity index (χ2v) is 5.09. The van der Waals surface area contributed by atoms with Gasteiger partial charge in [0.2, 0.25) is 5.82 Å². The van der Waals surface area contributed by atoms with E-state index in [9.17, 15) is 10.1 Å². The summed E-state index contributed by atoms with van der Waals surface area (Å²) in [5.41, 5.74) is 2.26. The second kappa shape index (κ2) is 6.26. The summed E-state index contributed by atoms with van der Waals surface area (Å²) in [7, 11) is 0. The van der Waals surface area contributed by atoms with Crippen molar-refractivity contribution in [1.29, 1.82) is 0 Å². The van der Waals surface area contributed by atoms with Crippen molar-refractivity contribution in [3.8, 4) is 0 Å². The first-order valence-electron chi connectivity index (χ1n) is 5.93. The normalized spacial score (nSPS) is 10.3. The summed E-state index contributed by atoms with van der Waals surface area (Å²) in [6, 6.07) is 2.80. The van der Waals surface area contributed by atoms with E-state index < -0.39 is 4.92 Å². The van der Waals surface area contributed by atoms with Crippen LogP contribution >= 0.6 is 11.3 Å². The maximum Gasteiger partial charge on any atom is 0.311 e. The lowest BCUT2D eigenvalue weighted by atomic mass is 10.3. The highest BCUT2D eigenvalue weighted by Crippen LogP contribution is 2.24. The number of hydrazine groups is 1. The van der Waals surface area contributed by atoms with Gasteiger partial charge in [0, 0.05) is 17.1 Å². The summed E-state index contributed by atoms with van der Waals surface area (Å²) in [5, 5.41) is 14.7. The Balaban J connectivity index is 2.16. The molecule has 0 atom stereocenters. The van der Waals surface area contributed by atoms with Crippen LogP contribution in [0, 0.1) is 10.1 Å². The number of pyridine rings is 1. The number of nitrogen functional groups attached to an aromatic ring is 1. The minimum atomic E-state index is -0.491. The highest BCUT2D eigenvalue weighted by molar-refractivity contribution is 7.11. The van der Waals surface area contributed by atoms with Crippen LogP contribution in [0.4, 0.5) is 17.3 Å². The van der Waals surface area contributed by atoms with E-state index in [4.69, 9.17) is 5.84 Å². The Morgan fingerprint density at radius 1 is 1.50 bits per heavy atom. The van der Waals surface area contributed by atoms with E-state index in [2.05, 4.69) is 20.7 Å². The number of nitrogens with one attached hydrogen (secondary N) is 2. The monoisotopic (exact) mass is 294 g/mol. The van der Waals surface area contributed by atoms with E-state index in [1.54, 1.807) is 17.5 Å². The molecule has 0 fully saturated rings. The zero-order chi connectivity index (χ0) is 14.5. The predicted molar refractivity (Wildman–Crippen MR) is 77.5 cm³/mol. The van der Waals surface area contributed by atoms with E-state index in [0.29, 0.717) is 12.4 Å². The fourth-order valence-electron chi connectivity index (χ4n) is 1.56. The van der Waals surface area contributed by atoms with Crippen LogP contribution in [0.15, 0.2) is 18.3 Å². The Kier molecular flexibility index (Phi) is 4.43. The van der Waals surface area contributed by atoms with Gasteiger partial charge in [-0.05, 0) is 12.5 Å². The van der Waals surface area contributed by atoms with Gasteiger partial charge in [-0.15, -0.1) is 11.3 Å². The molecule has 0 saturated carbocycles. The fourth-order valence-corrected chi connectivity index (χ4v) is 2.36. The average Bonchev–Trinajstić information content (AvgIpc) is 2.92. The zero-order valence-electron chi connectivity index (χ0n) is 10.8. The van der Waals surface area contributed by atoms with E-state index in [0.717, 1.165) is 11.4 Å². The number of aryl methyl sites for hydroxylation is 1. The molecule has 8 nitrogen and oxygen atoms in total. The number of nitrogens with two attached hydrogens (primary N) is 1. The number of hydrogen-bond acceptors (Lipinski definition) is 8. The van der Waals surface area contributed by atoms with Crippen LogP contribution in [-0.4, -0.2) is 14.9 Å². The Hall–Kier alpha value is -2.26. The van der Waals surface area contributed by atoms with Crippen LogP contribution < -0.4 is 16.6 Å². The van der Waals surface area contributed by atoms with Crippen LogP contribution in [0.1, 0.15) is 16.8 Å². The molecular formula is C11H14N6O2S. The van der Waals surface area contributed by atoms with Crippen LogP contribution in [0.2, 0.25) is 0 Å². The number of rotatable bonds is 6. The molecule has 0 unspecified atom stereocenters. The molecule has 106 valence electrons. The van der Waals surface area contributed by atoms with Gasteiger partial charge in [0.25, 0.3) is 0 Å². The van der Waals surface area contributed by atoms with E-state index >= 15 is 0 Å². The molecule has 9 heteroatoms. The van der Waals surface area contributed by atoms with E-state index in [-0.39, 0.29) is 11.5 Å². The molecule has 0 aliphatic carbocycles. The van der Waals surface area contributed by atoms with Crippen LogP contribution in [0.3, 0.4) is 0 Å². The Bertz CT molecular complexity index is 615. The van der Waals surface area contributed by atoms with E-state index in [1.807, 2.05) is 6.92 Å². The molecule has 2 heterocycles. The van der Waals surface area contributed by atoms with Crippen molar-refractivity contribution in [2.75, 3.05) is 10.7 Å². The average molecular weight is 294 g/mol. The summed E-state index contributed by atoms with van der Waals surface area (Å²) in [6.07, 6.45) is 2.73. The molecular weight excluding hydrogens is 280 g/mol. The molecule has 2 aromatic rings. The Morgan fingerprint density at radius 3 is 2.90 bits per heavy atom. The van der Waals surface area contributed by atoms with Gasteiger partial charge in [0.05, 0.1) is 11.5 Å². The maximum atomic E-state index is 10.9. The lowest BCUT2D eigenvalue weighted by Gasteiger charge is -2.06. The number of anilines is 2. The van der Waals surface area contributed by atoms with E-state index in [1.165, 1.54) is 17.0 Å². The molecule has 0 aromatic carbocycles. The van der Waals surface area contributed by atoms with Crippen LogP contribution in [0.5, 0.6) is 0 Å². The minimum absolute atomic E-state index is 0.101. The summed E-state index contributed by atoms with van der Waals surface area (Å²) in [4.78, 5) is 19.9. The first-order valence-corrected chi connectivity index (χ1v) is 6.75. The SMILES string of the molecule is CCc1cnc(CNc2nc(NN)ccc2[N+](=O)[O-])s1. The minimum Gasteiger partial charge on any atom is -0.358 e. The summed E-state index contributed by atoms with van der Waals surface area (Å²) >= 11 is 1.56. The lowest BCUT2D eigenvalue weighted by Crippen LogP contribution is -2.11. The summed E-state index contributed by atoms with van der Waals surface area (Å²) < 4.78 is 0. The number of nitro groups is 1. The van der Waals surface area contributed by atoms with Gasteiger partial charge in [0.15, 0.2) is 0 Å². The molecule has 4 N–H and O–H groups in total. The van der Waals surface area contributed by atoms with Gasteiger partial charge in [0.1, 0.15) is 10.8 Å². The third kappa shape index (κ3) is 3.19. The topological polar surface area (TPSA) is 119 Å². The second-order valence-electron chi connectivity index (χ2n) is 3.89. The van der Waals surface area contributed by atoms with Gasteiger partial charge in [-0.25, -0.2) is 15.8 Å². The zero-order valence-corrected chi connectivity index (χ0v) is 11.6. The summed E-state index contributed by atoms with van der Waals surface area (Å²) in [5.74, 6) is 5.77. The van der Waals surface area contributed by atoms with Gasteiger partial charge in [-0.1, -0.05) is 6.92 Å². The van der Waals surface area contributed by atoms with Crippen molar-refractivity contribution in [3.05, 3.63) is 38.3 Å². The van der Waals surface area contributed by atoms with Gasteiger partial charge >= 0.3 is 5.69 Å². The molecule has 0 saturated heterocycles. The van der Waals surface area contributed by atoms with Crippen molar-refractivity contribution < 1.29 is 4.92 Å². The first kappa shape index (κ1) is 14.2. The third-order valence-electron chi connectivity index (χ3n) is 2.58. The highest BCUT2D eigenvalue weighted by Gasteiger charge is 2.16. The number of nitrogens with zero attached hydrogens (tertiary/aromatic N) is 3. The molecule has 2 rings (SSSR count). The standard InChI is InChI=1S/C11H14N6O2S/c1-2-7-5-13-10(20-7)6-14-11-8(17(18)19)3-4-9(15-11)16-12/h3-5H,2,6,12H2,1H3,(H2,14,15,16). The molecule has 20 heavy (non-hydrogen) atoms. The molecule has 0 aliphatic heterocycles. The molecule has 0 spiro atoms. The smallest absolute Gasteiger partial charge is 0.311 e. The number of thiazole rings is 1.